The van der Waals surface area contributed by atoms with E-state index in [1.165, 1.54) is 16.5 Å². The summed E-state index contributed by atoms with van der Waals surface area (Å²) < 4.78 is 2.32. The van der Waals surface area contributed by atoms with Gasteiger partial charge >= 0.3 is 0 Å². The average molecular weight is 265 g/mol. The smallest absolute Gasteiger partial charge is 0.0480 e. The number of nitrogens with one attached hydrogen (secondary N) is 1. The highest BCUT2D eigenvalue weighted by atomic mass is 15.0. The zero-order valence-corrected chi connectivity index (χ0v) is 11.5. The van der Waals surface area contributed by atoms with Gasteiger partial charge in [0.25, 0.3) is 0 Å². The number of fused-ring (bicyclic) bond motifs is 1. The van der Waals surface area contributed by atoms with Gasteiger partial charge in [-0.25, -0.2) is 0 Å². The van der Waals surface area contributed by atoms with Crippen LogP contribution in [0.25, 0.3) is 10.9 Å². The van der Waals surface area contributed by atoms with Gasteiger partial charge in [0, 0.05) is 37.2 Å². The molecular formula is C17H19N3. The molecule has 1 aromatic carbocycles. The molecule has 3 rings (SSSR count). The Morgan fingerprint density at radius 1 is 1.00 bits per heavy atom. The quantitative estimate of drug-likeness (QED) is 0.694. The first-order chi connectivity index (χ1) is 9.93. The molecule has 0 saturated heterocycles. The number of benzene rings is 1. The summed E-state index contributed by atoms with van der Waals surface area (Å²) in [5, 5.41) is 4.79. The summed E-state index contributed by atoms with van der Waals surface area (Å²) >= 11 is 0. The molecule has 0 fully saturated rings. The Morgan fingerprint density at radius 2 is 1.85 bits per heavy atom. The molecule has 0 spiro atoms. The lowest BCUT2D eigenvalue weighted by Crippen LogP contribution is -2.16. The van der Waals surface area contributed by atoms with E-state index >= 15 is 0 Å². The van der Waals surface area contributed by atoms with E-state index in [0.717, 1.165) is 26.1 Å². The van der Waals surface area contributed by atoms with Crippen LogP contribution < -0.4 is 5.32 Å². The fourth-order valence-corrected chi connectivity index (χ4v) is 2.44. The van der Waals surface area contributed by atoms with Gasteiger partial charge in [-0.05, 0) is 48.2 Å². The third-order valence-electron chi connectivity index (χ3n) is 3.51. The second-order valence-electron chi connectivity index (χ2n) is 4.95. The molecule has 0 aliphatic carbocycles. The summed E-state index contributed by atoms with van der Waals surface area (Å²) in [6.07, 6.45) is 6.98. The Bertz CT molecular complexity index is 658. The van der Waals surface area contributed by atoms with Crippen molar-refractivity contribution in [2.45, 2.75) is 19.5 Å². The lowest BCUT2D eigenvalue weighted by Gasteiger charge is -2.07. The lowest BCUT2D eigenvalue weighted by molar-refractivity contribution is 0.590. The highest BCUT2D eigenvalue weighted by molar-refractivity contribution is 5.79. The lowest BCUT2D eigenvalue weighted by atomic mass is 10.2. The van der Waals surface area contributed by atoms with Crippen molar-refractivity contribution in [3.8, 4) is 0 Å². The first kappa shape index (κ1) is 12.9. The molecule has 0 radical (unpaired) electrons. The van der Waals surface area contributed by atoms with Crippen molar-refractivity contribution < 1.29 is 0 Å². The van der Waals surface area contributed by atoms with Crippen LogP contribution in [-0.2, 0) is 13.1 Å². The molecule has 2 heterocycles. The Hall–Kier alpha value is -2.13. The molecular weight excluding hydrogens is 246 g/mol. The van der Waals surface area contributed by atoms with Gasteiger partial charge in [-0.2, -0.15) is 0 Å². The Kier molecular flexibility index (Phi) is 4.09. The summed E-state index contributed by atoms with van der Waals surface area (Å²) in [6, 6.07) is 14.8. The molecule has 0 aliphatic heterocycles. The Labute approximate surface area is 119 Å². The predicted octanol–water partition coefficient (Wildman–Crippen LogP) is 3.22. The summed E-state index contributed by atoms with van der Waals surface area (Å²) in [4.78, 5) is 4.02. The van der Waals surface area contributed by atoms with Crippen LogP contribution in [0, 0.1) is 0 Å². The van der Waals surface area contributed by atoms with Crippen LogP contribution in [0.3, 0.4) is 0 Å². The van der Waals surface area contributed by atoms with Gasteiger partial charge < -0.3 is 9.88 Å². The second kappa shape index (κ2) is 6.35. The van der Waals surface area contributed by atoms with Gasteiger partial charge in [0.1, 0.15) is 0 Å². The number of hydrogen-bond donors (Lipinski definition) is 1. The van der Waals surface area contributed by atoms with E-state index in [4.69, 9.17) is 0 Å². The molecule has 3 heteroatoms. The predicted molar refractivity (Wildman–Crippen MR) is 82.5 cm³/mol. The molecule has 20 heavy (non-hydrogen) atoms. The third-order valence-corrected chi connectivity index (χ3v) is 3.51. The maximum absolute atomic E-state index is 4.02. The summed E-state index contributed by atoms with van der Waals surface area (Å²) in [6.45, 7) is 2.99. The number of rotatable bonds is 6. The highest BCUT2D eigenvalue weighted by Crippen LogP contribution is 2.15. The van der Waals surface area contributed by atoms with E-state index in [9.17, 15) is 0 Å². The number of pyridine rings is 1. The van der Waals surface area contributed by atoms with E-state index in [2.05, 4.69) is 51.4 Å². The van der Waals surface area contributed by atoms with Crippen LogP contribution in [0.4, 0.5) is 0 Å². The monoisotopic (exact) mass is 265 g/mol. The highest BCUT2D eigenvalue weighted by Gasteiger charge is 1.99. The van der Waals surface area contributed by atoms with Gasteiger partial charge in [0.15, 0.2) is 0 Å². The number of aryl methyl sites for hydroxylation is 1. The average Bonchev–Trinajstić information content (AvgIpc) is 2.91. The molecule has 3 nitrogen and oxygen atoms in total. The molecule has 2 aromatic heterocycles. The number of nitrogens with zero attached hydrogens (tertiary/aromatic N) is 2. The van der Waals surface area contributed by atoms with Crippen molar-refractivity contribution in [2.75, 3.05) is 6.54 Å². The number of aromatic nitrogens is 2. The summed E-state index contributed by atoms with van der Waals surface area (Å²) in [5.41, 5.74) is 2.60. The largest absolute Gasteiger partial charge is 0.347 e. The number of para-hydroxylation sites is 1. The van der Waals surface area contributed by atoms with Gasteiger partial charge in [-0.3, -0.25) is 4.98 Å². The minimum Gasteiger partial charge on any atom is -0.347 e. The molecule has 1 N–H and O–H groups in total. The van der Waals surface area contributed by atoms with Crippen LogP contribution in [0.5, 0.6) is 0 Å². The van der Waals surface area contributed by atoms with E-state index < -0.39 is 0 Å². The topological polar surface area (TPSA) is 29.9 Å². The van der Waals surface area contributed by atoms with Crippen LogP contribution in [0.15, 0.2) is 61.1 Å². The molecule has 0 saturated carbocycles. The van der Waals surface area contributed by atoms with Crippen molar-refractivity contribution in [2.24, 2.45) is 0 Å². The molecule has 102 valence electrons. The Balaban J connectivity index is 1.46. The minimum atomic E-state index is 0.912. The van der Waals surface area contributed by atoms with Gasteiger partial charge in [0.2, 0.25) is 0 Å². The zero-order valence-electron chi connectivity index (χ0n) is 11.5. The molecule has 0 bridgehead atoms. The van der Waals surface area contributed by atoms with Crippen LogP contribution in [0.2, 0.25) is 0 Å². The number of hydrogen-bond acceptors (Lipinski definition) is 2. The Morgan fingerprint density at radius 3 is 2.75 bits per heavy atom. The molecule has 0 amide bonds. The van der Waals surface area contributed by atoms with Crippen LogP contribution in [0.1, 0.15) is 12.0 Å². The fourth-order valence-electron chi connectivity index (χ4n) is 2.44. The first-order valence-electron chi connectivity index (χ1n) is 7.07. The second-order valence-corrected chi connectivity index (χ2v) is 4.95. The van der Waals surface area contributed by atoms with Crippen molar-refractivity contribution in [3.05, 3.63) is 66.6 Å². The third kappa shape index (κ3) is 3.06. The van der Waals surface area contributed by atoms with E-state index in [1.807, 2.05) is 24.5 Å². The van der Waals surface area contributed by atoms with Crippen molar-refractivity contribution in [3.63, 3.8) is 0 Å². The van der Waals surface area contributed by atoms with Crippen molar-refractivity contribution >= 4 is 10.9 Å². The van der Waals surface area contributed by atoms with Crippen molar-refractivity contribution in [1.82, 2.24) is 14.9 Å². The maximum Gasteiger partial charge on any atom is 0.0480 e. The fraction of sp³-hybridized carbons (Fsp3) is 0.235. The molecule has 0 unspecified atom stereocenters. The van der Waals surface area contributed by atoms with E-state index in [1.54, 1.807) is 0 Å². The molecule has 0 atom stereocenters. The zero-order chi connectivity index (χ0) is 13.6. The van der Waals surface area contributed by atoms with E-state index in [0.29, 0.717) is 0 Å². The summed E-state index contributed by atoms with van der Waals surface area (Å²) in [5.74, 6) is 0. The van der Waals surface area contributed by atoms with Crippen LogP contribution >= 0.6 is 0 Å². The van der Waals surface area contributed by atoms with Gasteiger partial charge in [-0.1, -0.05) is 18.2 Å². The standard InChI is InChI=1S/C17H19N3/c1-2-5-17-16(4-1)8-13-20(17)12-3-9-19-14-15-6-10-18-11-7-15/h1-2,4-8,10-11,13,19H,3,9,12,14H2. The molecule has 0 aliphatic rings. The summed E-state index contributed by atoms with van der Waals surface area (Å²) in [7, 11) is 0. The van der Waals surface area contributed by atoms with Gasteiger partial charge in [0.05, 0.1) is 0 Å². The van der Waals surface area contributed by atoms with Crippen LogP contribution in [-0.4, -0.2) is 16.1 Å². The molecule has 3 aromatic rings. The SMILES string of the molecule is c1ccc2c(c1)ccn2CCCNCc1ccncc1. The minimum absolute atomic E-state index is 0.912. The normalized spacial score (nSPS) is 11.0. The van der Waals surface area contributed by atoms with Gasteiger partial charge in [-0.15, -0.1) is 0 Å². The van der Waals surface area contributed by atoms with Crippen molar-refractivity contribution in [1.29, 1.82) is 0 Å². The maximum atomic E-state index is 4.02. The first-order valence-corrected chi connectivity index (χ1v) is 7.07. The van der Waals surface area contributed by atoms with E-state index in [-0.39, 0.29) is 0 Å².